The van der Waals surface area contributed by atoms with Gasteiger partial charge >= 0.3 is 0 Å². The number of hydrogen-bond donors (Lipinski definition) is 0. The minimum absolute atomic E-state index is 0.173. The number of halogens is 1. The summed E-state index contributed by atoms with van der Waals surface area (Å²) in [5.74, 6) is 0.173. The summed E-state index contributed by atoms with van der Waals surface area (Å²) in [6.07, 6.45) is 1.63. The number of pyridine rings is 1. The van der Waals surface area contributed by atoms with Crippen LogP contribution in [-0.2, 0) is 4.79 Å². The predicted octanol–water partition coefficient (Wildman–Crippen LogP) is 2.75. The fourth-order valence-electron chi connectivity index (χ4n) is 3.57. The Balaban J connectivity index is 1.77. The number of carbonyl (C=O) groups is 1. The molecule has 0 bridgehead atoms. The predicted molar refractivity (Wildman–Crippen MR) is 108 cm³/mol. The number of piperazine rings is 1. The maximum absolute atomic E-state index is 12.3. The smallest absolute Gasteiger partial charge is 0.236 e. The molecule has 0 radical (unpaired) electrons. The molecule has 0 atom stereocenters. The molecule has 0 spiro atoms. The van der Waals surface area contributed by atoms with Crippen LogP contribution in [0.25, 0.3) is 10.9 Å². The van der Waals surface area contributed by atoms with Crippen LogP contribution >= 0.6 is 11.6 Å². The number of nitriles is 1. The molecule has 1 aliphatic heterocycles. The highest BCUT2D eigenvalue weighted by Gasteiger charge is 2.24. The number of benzene rings is 1. The summed E-state index contributed by atoms with van der Waals surface area (Å²) in [5.41, 5.74) is 2.27. The van der Waals surface area contributed by atoms with Crippen LogP contribution in [0.1, 0.15) is 19.4 Å². The van der Waals surface area contributed by atoms with Crippen molar-refractivity contribution in [3.8, 4) is 6.07 Å². The van der Waals surface area contributed by atoms with Crippen molar-refractivity contribution in [3.63, 3.8) is 0 Å². The van der Waals surface area contributed by atoms with Gasteiger partial charge in [0.05, 0.1) is 23.3 Å². The summed E-state index contributed by atoms with van der Waals surface area (Å²) in [6, 6.07) is 7.81. The highest BCUT2D eigenvalue weighted by Crippen LogP contribution is 2.31. The molecule has 1 saturated heterocycles. The van der Waals surface area contributed by atoms with Gasteiger partial charge in [-0.2, -0.15) is 5.26 Å². The Morgan fingerprint density at radius 2 is 1.96 bits per heavy atom. The van der Waals surface area contributed by atoms with Crippen LogP contribution in [0.2, 0.25) is 5.02 Å². The van der Waals surface area contributed by atoms with E-state index in [2.05, 4.69) is 20.9 Å². The van der Waals surface area contributed by atoms with Crippen molar-refractivity contribution in [1.29, 1.82) is 5.26 Å². The van der Waals surface area contributed by atoms with E-state index in [9.17, 15) is 10.1 Å². The van der Waals surface area contributed by atoms with Crippen LogP contribution in [-0.4, -0.2) is 66.5 Å². The average molecular weight is 386 g/mol. The molecule has 1 aromatic carbocycles. The summed E-state index contributed by atoms with van der Waals surface area (Å²) in [5, 5.41) is 11.1. The largest absolute Gasteiger partial charge is 0.367 e. The van der Waals surface area contributed by atoms with Gasteiger partial charge in [-0.3, -0.25) is 14.7 Å². The van der Waals surface area contributed by atoms with E-state index in [0.29, 0.717) is 17.1 Å². The lowest BCUT2D eigenvalue weighted by atomic mass is 10.1. The van der Waals surface area contributed by atoms with Crippen LogP contribution < -0.4 is 4.90 Å². The second kappa shape index (κ2) is 8.55. The van der Waals surface area contributed by atoms with Gasteiger partial charge in [0.25, 0.3) is 0 Å². The third kappa shape index (κ3) is 4.15. The van der Waals surface area contributed by atoms with Gasteiger partial charge in [0, 0.05) is 55.9 Å². The molecule has 2 aromatic rings. The van der Waals surface area contributed by atoms with E-state index >= 15 is 0 Å². The number of aromatic nitrogens is 1. The van der Waals surface area contributed by atoms with Crippen molar-refractivity contribution in [2.24, 2.45) is 0 Å². The van der Waals surface area contributed by atoms with Crippen LogP contribution in [0.3, 0.4) is 0 Å². The highest BCUT2D eigenvalue weighted by atomic mass is 35.5. The molecule has 0 aliphatic carbocycles. The van der Waals surface area contributed by atoms with Gasteiger partial charge in [-0.1, -0.05) is 11.6 Å². The fraction of sp³-hybridized carbons (Fsp3) is 0.450. The summed E-state index contributed by atoms with van der Waals surface area (Å²) < 4.78 is 0. The molecule has 3 rings (SSSR count). The molecule has 7 heteroatoms. The second-order valence-corrected chi connectivity index (χ2v) is 7.06. The van der Waals surface area contributed by atoms with Crippen molar-refractivity contribution in [3.05, 3.63) is 35.0 Å². The van der Waals surface area contributed by atoms with E-state index in [1.807, 2.05) is 36.9 Å². The van der Waals surface area contributed by atoms with Crippen molar-refractivity contribution < 1.29 is 4.79 Å². The molecule has 1 aliphatic rings. The summed E-state index contributed by atoms with van der Waals surface area (Å²) in [6.45, 7) is 9.01. The lowest BCUT2D eigenvalue weighted by Crippen LogP contribution is -2.50. The zero-order valence-electron chi connectivity index (χ0n) is 15.8. The van der Waals surface area contributed by atoms with E-state index in [1.165, 1.54) is 0 Å². The van der Waals surface area contributed by atoms with E-state index in [4.69, 9.17) is 11.6 Å². The molecule has 0 saturated carbocycles. The summed E-state index contributed by atoms with van der Waals surface area (Å²) in [7, 11) is 0. The van der Waals surface area contributed by atoms with Gasteiger partial charge in [0.1, 0.15) is 6.07 Å². The zero-order valence-corrected chi connectivity index (χ0v) is 16.5. The molecule has 0 unspecified atom stereocenters. The van der Waals surface area contributed by atoms with E-state index in [1.54, 1.807) is 6.20 Å². The first-order valence-electron chi connectivity index (χ1n) is 9.30. The SMILES string of the molecule is CCN(CC)C(=O)CN1CCN(c2c(C#N)cnc3ccc(Cl)cc23)CC1. The minimum atomic E-state index is 0.173. The lowest BCUT2D eigenvalue weighted by Gasteiger charge is -2.37. The fourth-order valence-corrected chi connectivity index (χ4v) is 3.74. The topological polar surface area (TPSA) is 63.5 Å². The van der Waals surface area contributed by atoms with E-state index < -0.39 is 0 Å². The van der Waals surface area contributed by atoms with Crippen LogP contribution in [0.15, 0.2) is 24.4 Å². The van der Waals surface area contributed by atoms with Crippen molar-refractivity contribution in [1.82, 2.24) is 14.8 Å². The lowest BCUT2D eigenvalue weighted by molar-refractivity contribution is -0.132. The molecule has 27 heavy (non-hydrogen) atoms. The van der Waals surface area contributed by atoms with Gasteiger partial charge in [0.2, 0.25) is 5.91 Å². The monoisotopic (exact) mass is 385 g/mol. The Bertz CT molecular complexity index is 867. The minimum Gasteiger partial charge on any atom is -0.367 e. The number of anilines is 1. The molecule has 6 nitrogen and oxygen atoms in total. The number of likely N-dealkylation sites (N-methyl/N-ethyl adjacent to an activating group) is 1. The molecule has 142 valence electrons. The average Bonchev–Trinajstić information content (AvgIpc) is 2.68. The summed E-state index contributed by atoms with van der Waals surface area (Å²) >= 11 is 6.18. The van der Waals surface area contributed by atoms with Gasteiger partial charge in [-0.15, -0.1) is 0 Å². The normalized spacial score (nSPS) is 15.0. The number of nitrogens with zero attached hydrogens (tertiary/aromatic N) is 5. The van der Waals surface area contributed by atoms with Gasteiger partial charge < -0.3 is 9.80 Å². The molecule has 1 amide bonds. The van der Waals surface area contributed by atoms with Crippen molar-refractivity contribution in [2.75, 3.05) is 50.7 Å². The van der Waals surface area contributed by atoms with Gasteiger partial charge in [-0.05, 0) is 32.0 Å². The molecule has 1 aromatic heterocycles. The maximum Gasteiger partial charge on any atom is 0.236 e. The Labute approximate surface area is 164 Å². The Morgan fingerprint density at radius 3 is 2.59 bits per heavy atom. The number of fused-ring (bicyclic) bond motifs is 1. The number of rotatable bonds is 5. The highest BCUT2D eigenvalue weighted by molar-refractivity contribution is 6.31. The first kappa shape index (κ1) is 19.4. The Morgan fingerprint density at radius 1 is 1.26 bits per heavy atom. The number of hydrogen-bond acceptors (Lipinski definition) is 5. The van der Waals surface area contributed by atoms with Crippen molar-refractivity contribution in [2.45, 2.75) is 13.8 Å². The first-order valence-corrected chi connectivity index (χ1v) is 9.68. The molecule has 1 fully saturated rings. The third-order valence-electron chi connectivity index (χ3n) is 5.09. The third-order valence-corrected chi connectivity index (χ3v) is 5.32. The second-order valence-electron chi connectivity index (χ2n) is 6.62. The molecular weight excluding hydrogens is 362 g/mol. The van der Waals surface area contributed by atoms with E-state index in [0.717, 1.165) is 55.9 Å². The number of carbonyl (C=O) groups excluding carboxylic acids is 1. The maximum atomic E-state index is 12.3. The van der Waals surface area contributed by atoms with Crippen LogP contribution in [0.4, 0.5) is 5.69 Å². The van der Waals surface area contributed by atoms with Gasteiger partial charge in [-0.25, -0.2) is 0 Å². The Kier molecular flexibility index (Phi) is 6.15. The zero-order chi connectivity index (χ0) is 19.4. The van der Waals surface area contributed by atoms with Crippen LogP contribution in [0, 0.1) is 11.3 Å². The molecule has 0 N–H and O–H groups in total. The summed E-state index contributed by atoms with van der Waals surface area (Å²) in [4.78, 5) is 23.0. The standard InChI is InChI=1S/C20H24ClN5O/c1-3-25(4-2)19(27)14-24-7-9-26(10-8-24)20-15(12-22)13-23-18-6-5-16(21)11-17(18)20/h5-6,11,13H,3-4,7-10,14H2,1-2H3. The number of amides is 1. The van der Waals surface area contributed by atoms with Crippen LogP contribution in [0.5, 0.6) is 0 Å². The Hall–Kier alpha value is -2.36. The molecule has 2 heterocycles. The van der Waals surface area contributed by atoms with Crippen molar-refractivity contribution >= 4 is 34.1 Å². The van der Waals surface area contributed by atoms with E-state index in [-0.39, 0.29) is 5.91 Å². The van der Waals surface area contributed by atoms with Gasteiger partial charge in [0.15, 0.2) is 0 Å². The quantitative estimate of drug-likeness (QED) is 0.791. The first-order chi connectivity index (χ1) is 13.1. The molecular formula is C20H24ClN5O.